The molecule has 1 aromatic heterocycles. The molecule has 3 aromatic rings. The molecule has 0 saturated heterocycles. The van der Waals surface area contributed by atoms with E-state index in [1.165, 1.54) is 7.11 Å². The lowest BCUT2D eigenvalue weighted by molar-refractivity contribution is -0.139. The summed E-state index contributed by atoms with van der Waals surface area (Å²) in [5.74, 6) is -0.203. The fourth-order valence-electron chi connectivity index (χ4n) is 3.45. The molecule has 0 fully saturated rings. The van der Waals surface area contributed by atoms with Crippen LogP contribution >= 0.6 is 0 Å². The Labute approximate surface area is 181 Å². The minimum atomic E-state index is -1.01. The predicted octanol–water partition coefficient (Wildman–Crippen LogP) is 3.94. The first kappa shape index (κ1) is 22.2. The first-order chi connectivity index (χ1) is 14.9. The zero-order chi connectivity index (χ0) is 22.3. The highest BCUT2D eigenvalue weighted by atomic mass is 16.5. The highest BCUT2D eigenvalue weighted by molar-refractivity contribution is 5.79. The van der Waals surface area contributed by atoms with Gasteiger partial charge in [-0.3, -0.25) is 9.59 Å². The summed E-state index contributed by atoms with van der Waals surface area (Å²) in [6, 6.07) is 19.4. The predicted molar refractivity (Wildman–Crippen MR) is 116 cm³/mol. The number of carbonyl (C=O) groups excluding carboxylic acids is 1. The molecule has 0 radical (unpaired) electrons. The number of nitrogens with zero attached hydrogens (tertiary/aromatic N) is 1. The van der Waals surface area contributed by atoms with Crippen LogP contribution in [0.1, 0.15) is 25.7 Å². The summed E-state index contributed by atoms with van der Waals surface area (Å²) in [4.78, 5) is 28.3. The van der Waals surface area contributed by atoms with Crippen LogP contribution < -0.4 is 5.32 Å². The lowest BCUT2D eigenvalue weighted by Crippen LogP contribution is -2.50. The number of rotatable bonds is 10. The zero-order valence-electron chi connectivity index (χ0n) is 17.6. The summed E-state index contributed by atoms with van der Waals surface area (Å²) in [7, 11) is 1.47. The number of benzene rings is 2. The van der Waals surface area contributed by atoms with Crippen LogP contribution in [0.3, 0.4) is 0 Å². The van der Waals surface area contributed by atoms with Crippen molar-refractivity contribution in [2.24, 2.45) is 0 Å². The van der Waals surface area contributed by atoms with Gasteiger partial charge in [0.2, 0.25) is 5.91 Å². The number of aromatic nitrogens is 1. The Morgan fingerprint density at radius 2 is 1.68 bits per heavy atom. The van der Waals surface area contributed by atoms with Gasteiger partial charge in [-0.15, -0.1) is 0 Å². The summed E-state index contributed by atoms with van der Waals surface area (Å²) in [5.41, 5.74) is 1.56. The zero-order valence-corrected chi connectivity index (χ0v) is 17.6. The van der Waals surface area contributed by atoms with Crippen LogP contribution in [0.5, 0.6) is 0 Å². The van der Waals surface area contributed by atoms with Crippen LogP contribution in [0, 0.1) is 0 Å². The van der Waals surface area contributed by atoms with Crippen molar-refractivity contribution in [1.82, 2.24) is 10.3 Å². The van der Waals surface area contributed by atoms with Crippen molar-refractivity contribution in [3.05, 3.63) is 66.6 Å². The molecule has 0 aliphatic rings. The van der Waals surface area contributed by atoms with Gasteiger partial charge in [0.15, 0.2) is 11.7 Å². The summed E-state index contributed by atoms with van der Waals surface area (Å²) in [5, 5.41) is 11.9. The van der Waals surface area contributed by atoms with Crippen molar-refractivity contribution in [2.75, 3.05) is 13.7 Å². The quantitative estimate of drug-likeness (QED) is 0.513. The lowest BCUT2D eigenvalue weighted by Gasteiger charge is -2.28. The Kier molecular flexibility index (Phi) is 7.20. The Bertz CT molecular complexity index is 960. The summed E-state index contributed by atoms with van der Waals surface area (Å²) in [6.07, 6.45) is 0.165. The maximum absolute atomic E-state index is 12.5. The monoisotopic (exact) mass is 422 g/mol. The minimum absolute atomic E-state index is 0.0976. The Morgan fingerprint density at radius 3 is 2.26 bits per heavy atom. The van der Waals surface area contributed by atoms with Crippen molar-refractivity contribution in [3.63, 3.8) is 0 Å². The average Bonchev–Trinajstić information content (AvgIpc) is 3.17. The number of aryl methyl sites for hydroxylation is 1. The molecule has 0 aliphatic heterocycles. The largest absolute Gasteiger partial charge is 0.481 e. The number of oxazole rings is 1. The van der Waals surface area contributed by atoms with Crippen molar-refractivity contribution in [3.8, 4) is 22.6 Å². The van der Waals surface area contributed by atoms with Gasteiger partial charge >= 0.3 is 5.97 Å². The minimum Gasteiger partial charge on any atom is -0.481 e. The second kappa shape index (κ2) is 10.0. The number of methoxy groups -OCH3 is 1. The normalized spacial score (nSPS) is 12.8. The van der Waals surface area contributed by atoms with E-state index in [1.807, 2.05) is 60.7 Å². The highest BCUT2D eigenvalue weighted by Gasteiger charge is 2.29. The summed E-state index contributed by atoms with van der Waals surface area (Å²) >= 11 is 0. The van der Waals surface area contributed by atoms with Gasteiger partial charge in [0, 0.05) is 31.1 Å². The topological polar surface area (TPSA) is 102 Å². The van der Waals surface area contributed by atoms with E-state index >= 15 is 0 Å². The summed E-state index contributed by atoms with van der Waals surface area (Å²) in [6.45, 7) is 1.75. The van der Waals surface area contributed by atoms with Gasteiger partial charge in [0.25, 0.3) is 0 Å². The van der Waals surface area contributed by atoms with E-state index in [1.54, 1.807) is 6.92 Å². The molecule has 0 spiro atoms. The van der Waals surface area contributed by atoms with Crippen molar-refractivity contribution >= 4 is 11.9 Å². The van der Waals surface area contributed by atoms with Crippen LogP contribution in [-0.2, 0) is 20.7 Å². The van der Waals surface area contributed by atoms with E-state index in [-0.39, 0.29) is 31.8 Å². The van der Waals surface area contributed by atoms with Gasteiger partial charge in [0.1, 0.15) is 5.69 Å². The van der Waals surface area contributed by atoms with Crippen LogP contribution in [-0.4, -0.2) is 41.2 Å². The van der Waals surface area contributed by atoms with Crippen molar-refractivity contribution in [2.45, 2.75) is 31.7 Å². The van der Waals surface area contributed by atoms with E-state index in [9.17, 15) is 9.59 Å². The molecule has 0 saturated carbocycles. The fraction of sp³-hybridized carbons (Fsp3) is 0.292. The molecule has 7 nitrogen and oxygen atoms in total. The Balaban J connectivity index is 1.77. The fourth-order valence-corrected chi connectivity index (χ4v) is 3.45. The molecule has 31 heavy (non-hydrogen) atoms. The van der Waals surface area contributed by atoms with E-state index in [4.69, 9.17) is 14.3 Å². The second-order valence-corrected chi connectivity index (χ2v) is 7.63. The maximum Gasteiger partial charge on any atom is 0.305 e. The molecule has 1 atom stereocenters. The first-order valence-electron chi connectivity index (χ1n) is 10.0. The third kappa shape index (κ3) is 6.02. The van der Waals surface area contributed by atoms with Gasteiger partial charge < -0.3 is 19.6 Å². The number of hydrogen-bond acceptors (Lipinski definition) is 5. The molecule has 162 valence electrons. The second-order valence-electron chi connectivity index (χ2n) is 7.63. The number of carboxylic acids is 1. The Morgan fingerprint density at radius 1 is 1.06 bits per heavy atom. The van der Waals surface area contributed by atoms with Gasteiger partial charge in [0.05, 0.1) is 18.6 Å². The van der Waals surface area contributed by atoms with E-state index in [0.29, 0.717) is 11.7 Å². The van der Waals surface area contributed by atoms with Crippen LogP contribution in [0.15, 0.2) is 65.1 Å². The van der Waals surface area contributed by atoms with Crippen LogP contribution in [0.25, 0.3) is 22.6 Å². The lowest BCUT2D eigenvalue weighted by atomic mass is 9.98. The van der Waals surface area contributed by atoms with E-state index < -0.39 is 11.5 Å². The molecule has 1 unspecified atom stereocenters. The van der Waals surface area contributed by atoms with E-state index in [0.717, 1.165) is 16.8 Å². The Hall–Kier alpha value is -3.45. The molecule has 0 bridgehead atoms. The molecule has 1 heterocycles. The third-order valence-corrected chi connectivity index (χ3v) is 4.77. The number of hydrogen-bond donors (Lipinski definition) is 2. The number of nitrogens with one attached hydrogen (secondary N) is 1. The van der Waals surface area contributed by atoms with Crippen LogP contribution in [0.2, 0.25) is 0 Å². The number of carbonyl (C=O) groups is 2. The SMILES string of the molecule is COCC(C)(CC(=O)O)NC(=O)CCc1nc(-c2ccccc2)c(-c2ccccc2)o1. The average molecular weight is 422 g/mol. The molecular formula is C24H26N2O5. The molecule has 7 heteroatoms. The summed E-state index contributed by atoms with van der Waals surface area (Å²) < 4.78 is 11.1. The molecule has 2 aromatic carbocycles. The standard InChI is InChI=1S/C24H26N2O5/c1-24(16-30-2,15-21(28)29)26-19(27)13-14-20-25-22(17-9-5-3-6-10-17)23(31-20)18-11-7-4-8-12-18/h3-12H,13-16H2,1-2H3,(H,26,27)(H,28,29). The van der Waals surface area contributed by atoms with Crippen LogP contribution in [0.4, 0.5) is 0 Å². The van der Waals surface area contributed by atoms with Gasteiger partial charge in [-0.25, -0.2) is 4.98 Å². The highest BCUT2D eigenvalue weighted by Crippen LogP contribution is 2.32. The van der Waals surface area contributed by atoms with Gasteiger partial charge in [-0.05, 0) is 6.92 Å². The first-order valence-corrected chi connectivity index (χ1v) is 10.0. The number of amides is 1. The smallest absolute Gasteiger partial charge is 0.305 e. The van der Waals surface area contributed by atoms with Gasteiger partial charge in [-0.1, -0.05) is 60.7 Å². The number of carboxylic acid groups (broad SMARTS) is 1. The molecular weight excluding hydrogens is 396 g/mol. The van der Waals surface area contributed by atoms with Crippen molar-refractivity contribution < 1.29 is 23.8 Å². The number of aliphatic carboxylic acids is 1. The van der Waals surface area contributed by atoms with Crippen molar-refractivity contribution in [1.29, 1.82) is 0 Å². The van der Waals surface area contributed by atoms with Gasteiger partial charge in [-0.2, -0.15) is 0 Å². The molecule has 3 rings (SSSR count). The maximum atomic E-state index is 12.5. The molecule has 1 amide bonds. The third-order valence-electron chi connectivity index (χ3n) is 4.77. The van der Waals surface area contributed by atoms with E-state index in [2.05, 4.69) is 10.3 Å². The molecule has 2 N–H and O–H groups in total. The number of ether oxygens (including phenoxy) is 1. The molecule has 0 aliphatic carbocycles.